The van der Waals surface area contributed by atoms with Crippen LogP contribution in [0.3, 0.4) is 0 Å². The van der Waals surface area contributed by atoms with E-state index in [1.165, 1.54) is 20.3 Å². The Labute approximate surface area is 80.4 Å². The molecule has 0 radical (unpaired) electrons. The molecule has 7 heteroatoms. The molecule has 0 aliphatic carbocycles. The lowest BCUT2D eigenvalue weighted by atomic mass is 10.6. The number of carbonyl (C=O) groups is 1. The number of amides is 1. The summed E-state index contributed by atoms with van der Waals surface area (Å²) in [6, 6.07) is 1.47. The topological polar surface area (TPSA) is 90.6 Å². The largest absolute Gasteiger partial charge is 0.481 e. The van der Waals surface area contributed by atoms with Gasteiger partial charge < -0.3 is 9.47 Å². The van der Waals surface area contributed by atoms with Crippen LogP contribution in [0.2, 0.25) is 0 Å². The highest BCUT2D eigenvalue weighted by Gasteiger charge is 2.08. The Bertz CT molecular complexity index is 308. The molecule has 0 saturated heterocycles. The average molecular weight is 198 g/mol. The molecule has 0 aliphatic heterocycles. The summed E-state index contributed by atoms with van der Waals surface area (Å²) in [5.74, 6) is 5.82. The van der Waals surface area contributed by atoms with Crippen LogP contribution in [0.1, 0.15) is 0 Å². The van der Waals surface area contributed by atoms with Gasteiger partial charge in [-0.25, -0.2) is 10.9 Å². The lowest BCUT2D eigenvalue weighted by molar-refractivity contribution is -0.107. The van der Waals surface area contributed by atoms with E-state index in [1.54, 1.807) is 0 Å². The van der Waals surface area contributed by atoms with Crippen LogP contribution in [0.5, 0.6) is 11.8 Å². The quantitative estimate of drug-likeness (QED) is 0.298. The fourth-order valence-corrected chi connectivity index (χ4v) is 0.764. The molecule has 0 aromatic carbocycles. The van der Waals surface area contributed by atoms with Crippen molar-refractivity contribution < 1.29 is 14.3 Å². The minimum absolute atomic E-state index is 0.0104. The highest BCUT2D eigenvalue weighted by molar-refractivity contribution is 5.69. The molecule has 0 unspecified atom stereocenters. The van der Waals surface area contributed by atoms with Crippen molar-refractivity contribution in [3.05, 3.63) is 6.07 Å². The lowest BCUT2D eigenvalue weighted by Gasteiger charge is -2.10. The third kappa shape index (κ3) is 2.07. The zero-order chi connectivity index (χ0) is 10.6. The van der Waals surface area contributed by atoms with Crippen LogP contribution in [0.25, 0.3) is 0 Å². The van der Waals surface area contributed by atoms with Gasteiger partial charge >= 0.3 is 0 Å². The van der Waals surface area contributed by atoms with E-state index in [9.17, 15) is 4.79 Å². The van der Waals surface area contributed by atoms with E-state index in [0.717, 1.165) is 5.01 Å². The van der Waals surface area contributed by atoms with Gasteiger partial charge in [0.25, 0.3) is 5.95 Å². The Morgan fingerprint density at radius 1 is 1.36 bits per heavy atom. The maximum atomic E-state index is 10.3. The molecule has 14 heavy (non-hydrogen) atoms. The van der Waals surface area contributed by atoms with E-state index < -0.39 is 0 Å². The molecule has 0 fully saturated rings. The van der Waals surface area contributed by atoms with Gasteiger partial charge in [0.2, 0.25) is 18.2 Å². The smallest absolute Gasteiger partial charge is 0.253 e. The van der Waals surface area contributed by atoms with E-state index in [-0.39, 0.29) is 17.7 Å². The van der Waals surface area contributed by atoms with E-state index in [2.05, 4.69) is 9.97 Å². The van der Waals surface area contributed by atoms with Crippen molar-refractivity contribution in [2.24, 2.45) is 5.84 Å². The number of hydrogen-bond donors (Lipinski definition) is 1. The van der Waals surface area contributed by atoms with Gasteiger partial charge in [-0.1, -0.05) is 0 Å². The van der Waals surface area contributed by atoms with Crippen LogP contribution in [-0.2, 0) is 4.79 Å². The highest BCUT2D eigenvalue weighted by Crippen LogP contribution is 2.17. The summed E-state index contributed by atoms with van der Waals surface area (Å²) in [6.07, 6.45) is 0.383. The number of aromatic nitrogens is 2. The minimum atomic E-state index is 0.0104. The normalized spacial score (nSPS) is 9.36. The molecule has 1 rings (SSSR count). The van der Waals surface area contributed by atoms with Crippen molar-refractivity contribution in [2.45, 2.75) is 0 Å². The predicted molar refractivity (Wildman–Crippen MR) is 47.9 cm³/mol. The maximum Gasteiger partial charge on any atom is 0.253 e. The van der Waals surface area contributed by atoms with E-state index >= 15 is 0 Å². The first-order chi connectivity index (χ1) is 6.71. The molecule has 7 nitrogen and oxygen atoms in total. The number of nitrogens with zero attached hydrogens (tertiary/aromatic N) is 3. The molecule has 0 bridgehead atoms. The van der Waals surface area contributed by atoms with Crippen LogP contribution in [0.4, 0.5) is 5.95 Å². The summed E-state index contributed by atoms with van der Waals surface area (Å²) in [5, 5.41) is 0.727. The first kappa shape index (κ1) is 10.2. The summed E-state index contributed by atoms with van der Waals surface area (Å²) < 4.78 is 9.73. The molecule has 0 spiro atoms. The molecule has 0 atom stereocenters. The summed E-state index contributed by atoms with van der Waals surface area (Å²) in [5.41, 5.74) is 0. The Kier molecular flexibility index (Phi) is 3.19. The predicted octanol–water partition coefficient (Wildman–Crippen LogP) is -0.670. The highest BCUT2D eigenvalue weighted by atomic mass is 16.5. The Morgan fingerprint density at radius 3 is 2.21 bits per heavy atom. The number of hydrazine groups is 1. The van der Waals surface area contributed by atoms with Crippen LogP contribution in [0.15, 0.2) is 6.07 Å². The fraction of sp³-hybridized carbons (Fsp3) is 0.286. The molecule has 1 amide bonds. The molecule has 76 valence electrons. The fourth-order valence-electron chi connectivity index (χ4n) is 0.764. The standard InChI is InChI=1S/C7H10N4O3/c1-13-5-3-6(14-2)10-7(9-5)11(8)4-12/h3-4H,8H2,1-2H3. The summed E-state index contributed by atoms with van der Waals surface area (Å²) >= 11 is 0. The van der Waals surface area contributed by atoms with Gasteiger partial charge in [-0.15, -0.1) is 0 Å². The zero-order valence-corrected chi connectivity index (χ0v) is 7.80. The molecular weight excluding hydrogens is 188 g/mol. The second kappa shape index (κ2) is 4.38. The maximum absolute atomic E-state index is 10.3. The second-order valence-corrected chi connectivity index (χ2v) is 2.27. The van der Waals surface area contributed by atoms with Crippen molar-refractivity contribution in [3.63, 3.8) is 0 Å². The second-order valence-electron chi connectivity index (χ2n) is 2.27. The van der Waals surface area contributed by atoms with Crippen LogP contribution in [-0.4, -0.2) is 30.6 Å². The molecule has 2 N–H and O–H groups in total. The van der Waals surface area contributed by atoms with Gasteiger partial charge in [-0.2, -0.15) is 9.97 Å². The number of anilines is 1. The first-order valence-corrected chi connectivity index (χ1v) is 3.67. The van der Waals surface area contributed by atoms with Crippen molar-refractivity contribution in [3.8, 4) is 11.8 Å². The van der Waals surface area contributed by atoms with Crippen LogP contribution < -0.4 is 20.3 Å². The molecule has 0 aliphatic rings. The van der Waals surface area contributed by atoms with Crippen LogP contribution >= 0.6 is 0 Å². The average Bonchev–Trinajstić information content (AvgIpc) is 2.27. The van der Waals surface area contributed by atoms with Crippen molar-refractivity contribution in [2.75, 3.05) is 19.2 Å². The number of carbonyl (C=O) groups excluding carboxylic acids is 1. The van der Waals surface area contributed by atoms with Crippen molar-refractivity contribution in [1.29, 1.82) is 0 Å². The van der Waals surface area contributed by atoms with Crippen molar-refractivity contribution in [1.82, 2.24) is 9.97 Å². The molecular formula is C7H10N4O3. The van der Waals surface area contributed by atoms with Crippen molar-refractivity contribution >= 4 is 12.4 Å². The number of rotatable bonds is 4. The number of methoxy groups -OCH3 is 2. The molecule has 1 aromatic rings. The van der Waals surface area contributed by atoms with E-state index in [0.29, 0.717) is 6.41 Å². The van der Waals surface area contributed by atoms with E-state index in [1.807, 2.05) is 0 Å². The third-order valence-electron chi connectivity index (χ3n) is 1.43. The molecule has 1 aromatic heterocycles. The molecule has 1 heterocycles. The number of ether oxygens (including phenoxy) is 2. The number of hydrogen-bond acceptors (Lipinski definition) is 6. The number of nitrogens with two attached hydrogens (primary N) is 1. The summed E-state index contributed by atoms with van der Waals surface area (Å²) in [6.45, 7) is 0. The summed E-state index contributed by atoms with van der Waals surface area (Å²) in [4.78, 5) is 18.0. The van der Waals surface area contributed by atoms with Gasteiger partial charge in [0, 0.05) is 0 Å². The molecule has 0 saturated carbocycles. The monoisotopic (exact) mass is 198 g/mol. The lowest BCUT2D eigenvalue weighted by Crippen LogP contribution is -2.30. The van der Waals surface area contributed by atoms with Gasteiger partial charge in [0.15, 0.2) is 0 Å². The zero-order valence-electron chi connectivity index (χ0n) is 7.80. The van der Waals surface area contributed by atoms with Gasteiger partial charge in [0.1, 0.15) is 0 Å². The van der Waals surface area contributed by atoms with Gasteiger partial charge in [-0.3, -0.25) is 4.79 Å². The SMILES string of the molecule is COc1cc(OC)nc(N(N)C=O)n1. The van der Waals surface area contributed by atoms with E-state index in [4.69, 9.17) is 15.3 Å². The van der Waals surface area contributed by atoms with Crippen LogP contribution in [0, 0.1) is 0 Å². The van der Waals surface area contributed by atoms with Gasteiger partial charge in [-0.05, 0) is 0 Å². The first-order valence-electron chi connectivity index (χ1n) is 3.67. The third-order valence-corrected chi connectivity index (χ3v) is 1.43. The Balaban J connectivity index is 3.09. The van der Waals surface area contributed by atoms with Gasteiger partial charge in [0.05, 0.1) is 20.3 Å². The minimum Gasteiger partial charge on any atom is -0.481 e. The summed E-state index contributed by atoms with van der Waals surface area (Å²) in [7, 11) is 2.88. The Hall–Kier alpha value is -1.89. The Morgan fingerprint density at radius 2 is 1.86 bits per heavy atom.